The van der Waals surface area contributed by atoms with Gasteiger partial charge in [0.25, 0.3) is 11.9 Å². The van der Waals surface area contributed by atoms with Gasteiger partial charge in [0.15, 0.2) is 156 Å². The summed E-state index contributed by atoms with van der Waals surface area (Å²) in [5.74, 6) is -57.6. The van der Waals surface area contributed by atoms with Crippen molar-refractivity contribution < 1.29 is 248 Å². The number of phenolic OH excluding ortho intramolecular Hbond substituents is 25. The third kappa shape index (κ3) is 21.6. The number of ether oxygens (including phenoxy) is 11. The summed E-state index contributed by atoms with van der Waals surface area (Å²) >= 11 is 0. The number of aliphatic carboxylic acids is 2. The number of phenols is 25. The molecule has 11 rings (SSSR count). The molecule has 1 heterocycles. The van der Waals surface area contributed by atoms with E-state index in [4.69, 9.17) is 71.9 Å². The maximum absolute atomic E-state index is 15.3. The number of aromatic hydroxyl groups is 25. The van der Waals surface area contributed by atoms with E-state index in [-0.39, 0.29) is 0 Å². The van der Waals surface area contributed by atoms with Crippen molar-refractivity contribution in [3.63, 3.8) is 0 Å². The predicted molar refractivity (Wildman–Crippen MR) is 409 cm³/mol. The van der Waals surface area contributed by atoms with Crippen molar-refractivity contribution in [3.8, 4) is 172 Å². The monoisotopic (exact) mass is 1820 g/mol. The summed E-state index contributed by atoms with van der Waals surface area (Å²) < 4.78 is 60.4. The summed E-state index contributed by atoms with van der Waals surface area (Å²) in [4.78, 5) is 160. The Hall–Kier alpha value is -19.2. The number of carbonyl (C=O) groups excluding carboxylic acids is 10. The number of rotatable bonds is 21. The molecule has 0 aromatic heterocycles. The Bertz CT molecular complexity index is 6190. The number of hydrogen-bond donors (Lipinski definition) is 27. The molecular weight excluding hydrogens is 1760 g/mol. The molecule has 0 bridgehead atoms. The first-order chi connectivity index (χ1) is 60.8. The van der Waals surface area contributed by atoms with Crippen LogP contribution in [0.15, 0.2) is 121 Å². The van der Waals surface area contributed by atoms with Crippen LogP contribution in [0.2, 0.25) is 0 Å². The molecule has 0 amide bonds. The molecule has 130 heavy (non-hydrogen) atoms. The highest BCUT2D eigenvalue weighted by Crippen LogP contribution is 2.48. The van der Waals surface area contributed by atoms with Gasteiger partial charge in [-0.3, -0.25) is 9.59 Å². The highest BCUT2D eigenvalue weighted by atomic mass is 16.8. The highest BCUT2D eigenvalue weighted by Gasteiger charge is 2.55. The molecule has 0 radical (unpaired) electrons. The Morgan fingerprint density at radius 1 is 0.223 bits per heavy atom. The molecule has 1 aliphatic rings. The van der Waals surface area contributed by atoms with Crippen LogP contribution >= 0.6 is 0 Å². The van der Waals surface area contributed by atoms with Gasteiger partial charge >= 0.3 is 59.7 Å². The van der Waals surface area contributed by atoms with Gasteiger partial charge in [-0.05, 0) is 121 Å². The van der Waals surface area contributed by atoms with Crippen LogP contribution in [0.4, 0.5) is 0 Å². The van der Waals surface area contributed by atoms with E-state index in [0.29, 0.717) is 121 Å². The summed E-state index contributed by atoms with van der Waals surface area (Å²) in [6.07, 6.45) is -15.1. The molecule has 50 heteroatoms. The molecule has 1 saturated heterocycles. The first-order valence-corrected chi connectivity index (χ1v) is 35.0. The first-order valence-electron chi connectivity index (χ1n) is 35.0. The smallest absolute Gasteiger partial charge is 0.343 e. The number of hydrogen-bond acceptors (Lipinski definition) is 48. The Balaban J connectivity index is 0.00000228. The Labute approximate surface area is 717 Å². The molecule has 0 aliphatic carbocycles. The highest BCUT2D eigenvalue weighted by molar-refractivity contribution is 6.00. The standard InChI is InChI=1S/C76H52O46.2C2H4O2/c77-32-1-22(2-33(78)53(32)92)67(103)113-47-16-27(11-42(87)58(47)97)66(102)112-21-52-63(119-72(108)28-12-43(88)59(98)48(17-28)114-68(104)23-3-34(79)54(93)35(80)4-23)64(120-73(109)29-13-44(89)60(99)49(18-29)115-69(105)24-5-36(81)55(94)37(82)6-24)65(121-74(110)30-14-45(90)61(100)50(19-30)116-70(106)25-7-38(83)56(95)39(84)8-25)76(118-52)122-75(111)31-15-46(91)62(101)51(20-31)117-71(107)26-9-40(85)57(96)41(86)10-26;2*1-2(3)4/h1-20,52,63-65,76-101H,21H2;2*1H3,(H,3,4)/t52-,63-,64+,65-,76+;;/m0../s1. The number of esters is 10. The van der Waals surface area contributed by atoms with Gasteiger partial charge in [-0.2, -0.15) is 0 Å². The van der Waals surface area contributed by atoms with Gasteiger partial charge in [-0.25, -0.2) is 47.9 Å². The lowest BCUT2D eigenvalue weighted by atomic mass is 9.97. The largest absolute Gasteiger partial charge is 0.504 e. The van der Waals surface area contributed by atoms with Crippen molar-refractivity contribution in [1.82, 2.24) is 0 Å². The molecule has 5 atom stereocenters. The fourth-order valence-corrected chi connectivity index (χ4v) is 10.8. The van der Waals surface area contributed by atoms with Crippen molar-refractivity contribution in [1.29, 1.82) is 0 Å². The maximum atomic E-state index is 15.3. The van der Waals surface area contributed by atoms with Crippen LogP contribution < -0.4 is 23.7 Å². The Kier molecular flexibility index (Phi) is 28.0. The van der Waals surface area contributed by atoms with E-state index in [0.717, 1.165) is 13.8 Å². The number of benzene rings is 10. The lowest BCUT2D eigenvalue weighted by Gasteiger charge is -2.43. The van der Waals surface area contributed by atoms with E-state index in [1.54, 1.807) is 0 Å². The molecule has 27 N–H and O–H groups in total. The van der Waals surface area contributed by atoms with Crippen LogP contribution in [-0.4, -0.2) is 247 Å². The van der Waals surface area contributed by atoms with E-state index < -0.39 is 337 Å². The van der Waals surface area contributed by atoms with Crippen LogP contribution in [0, 0.1) is 0 Å². The van der Waals surface area contributed by atoms with Crippen LogP contribution in [0.5, 0.6) is 172 Å². The van der Waals surface area contributed by atoms with Crippen LogP contribution in [0.25, 0.3) is 0 Å². The van der Waals surface area contributed by atoms with Gasteiger partial charge in [0.05, 0.1) is 55.6 Å². The van der Waals surface area contributed by atoms with Gasteiger partial charge in [-0.15, -0.1) is 0 Å². The average Bonchev–Trinajstić information content (AvgIpc) is 0.763. The third-order valence-electron chi connectivity index (χ3n) is 16.9. The summed E-state index contributed by atoms with van der Waals surface area (Å²) in [6.45, 7) is 0.459. The lowest BCUT2D eigenvalue weighted by Crippen LogP contribution is -2.63. The minimum Gasteiger partial charge on any atom is -0.504 e. The molecule has 0 unspecified atom stereocenters. The van der Waals surface area contributed by atoms with E-state index in [1.807, 2.05) is 0 Å². The van der Waals surface area contributed by atoms with E-state index in [2.05, 4.69) is 0 Å². The van der Waals surface area contributed by atoms with Crippen molar-refractivity contribution in [2.45, 2.75) is 44.6 Å². The van der Waals surface area contributed by atoms with Crippen molar-refractivity contribution in [3.05, 3.63) is 177 Å². The maximum Gasteiger partial charge on any atom is 0.343 e. The van der Waals surface area contributed by atoms with Gasteiger partial charge in [0.1, 0.15) is 12.7 Å². The minimum atomic E-state index is -3.12. The van der Waals surface area contributed by atoms with Crippen molar-refractivity contribution in [2.24, 2.45) is 0 Å². The molecule has 50 nitrogen and oxygen atoms in total. The second kappa shape index (κ2) is 38.5. The normalized spacial score (nSPS) is 14.1. The molecule has 0 spiro atoms. The van der Waals surface area contributed by atoms with Gasteiger partial charge in [0.2, 0.25) is 41.1 Å². The molecule has 1 fully saturated rings. The SMILES string of the molecule is CC(=O)O.CC(=O)O.O=C(OC[C@@H]1O[C@H](OC(=O)c2cc(O)c(O)c(OC(=O)c3cc(O)c(O)c(O)c3)c2)[C@@H](OC(=O)c2cc(O)c(O)c(OC(=O)c3cc(O)c(O)c(O)c3)c2)[C@H](OC(=O)c2cc(O)c(O)c(OC(=O)c3cc(O)c(O)c(O)c3)c2)[C@H]1OC(=O)c1cc(O)c(O)c(OC(=O)c2cc(O)c(O)c(O)c2)c1)c1cc(O)c(O)c(OC(=O)c2cc(O)c(O)c(O)c2)c1. The van der Waals surface area contributed by atoms with Gasteiger partial charge in [-0.1, -0.05) is 0 Å². The van der Waals surface area contributed by atoms with Crippen molar-refractivity contribution in [2.75, 3.05) is 6.61 Å². The molecular formula is C80H60O50. The summed E-state index contributed by atoms with van der Waals surface area (Å²) in [5.41, 5.74) is -9.89. The van der Waals surface area contributed by atoms with E-state index in [9.17, 15) is 161 Å². The topological polar surface area (TPSA) is 853 Å². The Morgan fingerprint density at radius 3 is 0.592 bits per heavy atom. The Morgan fingerprint density at radius 2 is 0.385 bits per heavy atom. The zero-order chi connectivity index (χ0) is 96.5. The molecule has 1 aliphatic heterocycles. The predicted octanol–water partition coefficient (Wildman–Crippen LogP) is 5.02. The number of carboxylic acids is 2. The third-order valence-corrected chi connectivity index (χ3v) is 16.9. The molecule has 10 aromatic rings. The zero-order valence-electron chi connectivity index (χ0n) is 64.6. The lowest BCUT2D eigenvalue weighted by molar-refractivity contribution is -0.282. The van der Waals surface area contributed by atoms with Crippen LogP contribution in [-0.2, 0) is 38.0 Å². The van der Waals surface area contributed by atoms with Crippen LogP contribution in [0.3, 0.4) is 0 Å². The molecule has 10 aromatic carbocycles. The number of carboxylic acid groups (broad SMARTS) is 2. The average molecular weight is 1820 g/mol. The first kappa shape index (κ1) is 94.6. The van der Waals surface area contributed by atoms with Crippen LogP contribution in [0.1, 0.15) is 117 Å². The fraction of sp³-hybridized carbons (Fsp3) is 0.100. The van der Waals surface area contributed by atoms with Gasteiger partial charge < -0.3 is 190 Å². The second-order valence-electron chi connectivity index (χ2n) is 26.2. The molecule has 0 saturated carbocycles. The summed E-state index contributed by atoms with van der Waals surface area (Å²) in [5, 5.41) is 276. The molecule has 680 valence electrons. The number of carbonyl (C=O) groups is 12. The van der Waals surface area contributed by atoms with Gasteiger partial charge in [0, 0.05) is 13.8 Å². The quantitative estimate of drug-likeness (QED) is 0.0194. The van der Waals surface area contributed by atoms with E-state index >= 15 is 14.4 Å². The zero-order valence-corrected chi connectivity index (χ0v) is 64.6. The van der Waals surface area contributed by atoms with E-state index in [1.165, 1.54) is 0 Å². The minimum absolute atomic E-state index is 0.295. The fourth-order valence-electron chi connectivity index (χ4n) is 10.8. The van der Waals surface area contributed by atoms with Crippen molar-refractivity contribution >= 4 is 71.6 Å². The second-order valence-corrected chi connectivity index (χ2v) is 26.2. The summed E-state index contributed by atoms with van der Waals surface area (Å²) in [6, 6.07) is 8.56. The summed E-state index contributed by atoms with van der Waals surface area (Å²) in [7, 11) is 0.